The highest BCUT2D eigenvalue weighted by atomic mass is 16.4. The molecule has 0 amide bonds. The number of nitrogens with zero attached hydrogens (tertiary/aromatic N) is 4. The van der Waals surface area contributed by atoms with Crippen LogP contribution < -0.4 is 10.6 Å². The van der Waals surface area contributed by atoms with Crippen LogP contribution >= 0.6 is 0 Å². The Hall–Kier alpha value is -1.82. The first-order valence-electron chi connectivity index (χ1n) is 6.05. The zero-order chi connectivity index (χ0) is 13.0. The van der Waals surface area contributed by atoms with Crippen LogP contribution in [0.1, 0.15) is 5.56 Å². The molecular weight excluding hydrogens is 230 g/mol. The molecule has 1 saturated heterocycles. The van der Waals surface area contributed by atoms with Crippen LogP contribution in [0.2, 0.25) is 0 Å². The number of oxime groups is 1. The minimum Gasteiger partial charge on any atom is -0.409 e. The molecule has 6 heteroatoms. The molecule has 1 aromatic rings. The summed E-state index contributed by atoms with van der Waals surface area (Å²) in [7, 11) is 0. The van der Waals surface area contributed by atoms with E-state index in [0.29, 0.717) is 6.54 Å². The first-order valence-corrected chi connectivity index (χ1v) is 6.05. The smallest absolute Gasteiger partial charge is 0.153 e. The lowest BCUT2D eigenvalue weighted by Gasteiger charge is -2.35. The molecule has 1 aliphatic rings. The van der Waals surface area contributed by atoms with Crippen molar-refractivity contribution in [2.45, 2.75) is 6.92 Å². The molecule has 0 aliphatic carbocycles. The maximum atomic E-state index is 8.54. The second kappa shape index (κ2) is 5.68. The third kappa shape index (κ3) is 3.10. The largest absolute Gasteiger partial charge is 0.409 e. The highest BCUT2D eigenvalue weighted by Gasteiger charge is 2.18. The Kier molecular flexibility index (Phi) is 3.99. The van der Waals surface area contributed by atoms with Crippen molar-refractivity contribution >= 4 is 11.7 Å². The molecule has 0 saturated carbocycles. The summed E-state index contributed by atoms with van der Waals surface area (Å²) in [5.74, 6) is 1.28. The maximum absolute atomic E-state index is 8.54. The number of piperazine rings is 1. The van der Waals surface area contributed by atoms with Gasteiger partial charge in [0.1, 0.15) is 5.82 Å². The molecule has 1 aliphatic heterocycles. The van der Waals surface area contributed by atoms with Crippen molar-refractivity contribution in [2.75, 3.05) is 37.6 Å². The Bertz CT molecular complexity index is 409. The topological polar surface area (TPSA) is 78.0 Å². The molecule has 0 aromatic carbocycles. The molecular formula is C12H19N5O. The number of hydrogen-bond acceptors (Lipinski definition) is 5. The predicted molar refractivity (Wildman–Crippen MR) is 71.0 cm³/mol. The molecule has 0 unspecified atom stereocenters. The summed E-state index contributed by atoms with van der Waals surface area (Å²) in [5, 5.41) is 11.5. The Morgan fingerprint density at radius 3 is 2.67 bits per heavy atom. The lowest BCUT2D eigenvalue weighted by Crippen LogP contribution is -2.49. The first-order chi connectivity index (χ1) is 8.69. The molecule has 0 spiro atoms. The van der Waals surface area contributed by atoms with Gasteiger partial charge in [-0.05, 0) is 18.6 Å². The summed E-state index contributed by atoms with van der Waals surface area (Å²) < 4.78 is 0. The standard InChI is InChI=1S/C12H19N5O/c1-10-2-3-12(14-8-10)17-6-4-16(5-7-17)9-11(13)15-18/h2-3,8,18H,4-7,9H2,1H3,(H2,13,15). The van der Waals surface area contributed by atoms with Gasteiger partial charge in [0.05, 0.1) is 6.54 Å². The van der Waals surface area contributed by atoms with Crippen LogP contribution in [-0.4, -0.2) is 53.7 Å². The van der Waals surface area contributed by atoms with Gasteiger partial charge < -0.3 is 15.8 Å². The first kappa shape index (κ1) is 12.6. The van der Waals surface area contributed by atoms with Gasteiger partial charge in [-0.3, -0.25) is 4.90 Å². The Labute approximate surface area is 107 Å². The minimum atomic E-state index is 0.261. The molecule has 1 aromatic heterocycles. The van der Waals surface area contributed by atoms with Crippen molar-refractivity contribution in [2.24, 2.45) is 10.9 Å². The molecule has 2 heterocycles. The van der Waals surface area contributed by atoms with E-state index in [1.165, 1.54) is 5.56 Å². The third-order valence-electron chi connectivity index (χ3n) is 3.11. The second-order valence-corrected chi connectivity index (χ2v) is 4.55. The third-order valence-corrected chi connectivity index (χ3v) is 3.11. The number of pyridine rings is 1. The van der Waals surface area contributed by atoms with Gasteiger partial charge in [0.15, 0.2) is 5.84 Å². The van der Waals surface area contributed by atoms with Crippen molar-refractivity contribution in [3.8, 4) is 0 Å². The Morgan fingerprint density at radius 2 is 2.11 bits per heavy atom. The molecule has 0 bridgehead atoms. The molecule has 0 radical (unpaired) electrons. The number of amidine groups is 1. The van der Waals surface area contributed by atoms with Gasteiger partial charge in [-0.25, -0.2) is 4.98 Å². The van der Waals surface area contributed by atoms with Crippen LogP contribution in [0.4, 0.5) is 5.82 Å². The van der Waals surface area contributed by atoms with Crippen molar-refractivity contribution in [1.29, 1.82) is 0 Å². The van der Waals surface area contributed by atoms with Crippen LogP contribution in [0.25, 0.3) is 0 Å². The highest BCUT2D eigenvalue weighted by Crippen LogP contribution is 2.13. The fraction of sp³-hybridized carbons (Fsp3) is 0.500. The number of aryl methyl sites for hydroxylation is 1. The Morgan fingerprint density at radius 1 is 1.39 bits per heavy atom. The van der Waals surface area contributed by atoms with Crippen LogP contribution in [0.15, 0.2) is 23.5 Å². The van der Waals surface area contributed by atoms with E-state index in [2.05, 4.69) is 32.1 Å². The van der Waals surface area contributed by atoms with Crippen molar-refractivity contribution < 1.29 is 5.21 Å². The van der Waals surface area contributed by atoms with E-state index < -0.39 is 0 Å². The summed E-state index contributed by atoms with van der Waals surface area (Å²) in [6.07, 6.45) is 1.89. The maximum Gasteiger partial charge on any atom is 0.153 e. The van der Waals surface area contributed by atoms with Crippen LogP contribution in [-0.2, 0) is 0 Å². The molecule has 98 valence electrons. The van der Waals surface area contributed by atoms with Crippen molar-refractivity contribution in [3.05, 3.63) is 23.9 Å². The van der Waals surface area contributed by atoms with Crippen LogP contribution in [0.3, 0.4) is 0 Å². The van der Waals surface area contributed by atoms with E-state index >= 15 is 0 Å². The van der Waals surface area contributed by atoms with Gasteiger partial charge in [0.25, 0.3) is 0 Å². The van der Waals surface area contributed by atoms with Crippen molar-refractivity contribution in [1.82, 2.24) is 9.88 Å². The average molecular weight is 249 g/mol. The highest BCUT2D eigenvalue weighted by molar-refractivity contribution is 5.81. The molecule has 6 nitrogen and oxygen atoms in total. The average Bonchev–Trinajstić information content (AvgIpc) is 2.40. The lowest BCUT2D eigenvalue weighted by atomic mass is 10.2. The van der Waals surface area contributed by atoms with Crippen LogP contribution in [0.5, 0.6) is 0 Å². The Balaban J connectivity index is 1.88. The monoisotopic (exact) mass is 249 g/mol. The molecule has 18 heavy (non-hydrogen) atoms. The number of hydrogen-bond donors (Lipinski definition) is 2. The van der Waals surface area contributed by atoms with Gasteiger partial charge in [-0.1, -0.05) is 11.2 Å². The SMILES string of the molecule is Cc1ccc(N2CCN(CC(N)=NO)CC2)nc1. The summed E-state index contributed by atoms with van der Waals surface area (Å²) in [5.41, 5.74) is 6.67. The lowest BCUT2D eigenvalue weighted by molar-refractivity contribution is 0.278. The fourth-order valence-electron chi connectivity index (χ4n) is 2.04. The summed E-state index contributed by atoms with van der Waals surface area (Å²) in [4.78, 5) is 8.84. The quantitative estimate of drug-likeness (QED) is 0.348. The number of nitrogens with two attached hydrogens (primary N) is 1. The van der Waals surface area contributed by atoms with Gasteiger partial charge in [0, 0.05) is 32.4 Å². The molecule has 2 rings (SSSR count). The molecule has 1 fully saturated rings. The van der Waals surface area contributed by atoms with Gasteiger partial charge in [0.2, 0.25) is 0 Å². The van der Waals surface area contributed by atoms with E-state index in [1.807, 2.05) is 13.1 Å². The summed E-state index contributed by atoms with van der Waals surface area (Å²) in [6, 6.07) is 4.12. The summed E-state index contributed by atoms with van der Waals surface area (Å²) in [6.45, 7) is 6.17. The van der Waals surface area contributed by atoms with E-state index in [0.717, 1.165) is 32.0 Å². The fourth-order valence-corrected chi connectivity index (χ4v) is 2.04. The predicted octanol–water partition coefficient (Wildman–Crippen LogP) is 0.258. The second-order valence-electron chi connectivity index (χ2n) is 4.55. The normalized spacial score (nSPS) is 18.1. The number of anilines is 1. The number of rotatable bonds is 3. The van der Waals surface area contributed by atoms with Crippen molar-refractivity contribution in [3.63, 3.8) is 0 Å². The van der Waals surface area contributed by atoms with E-state index in [-0.39, 0.29) is 5.84 Å². The summed E-state index contributed by atoms with van der Waals surface area (Å²) >= 11 is 0. The van der Waals surface area contributed by atoms with Gasteiger partial charge in [-0.2, -0.15) is 0 Å². The number of aromatic nitrogens is 1. The van der Waals surface area contributed by atoms with Gasteiger partial charge >= 0.3 is 0 Å². The molecule has 3 N–H and O–H groups in total. The van der Waals surface area contributed by atoms with E-state index in [1.54, 1.807) is 0 Å². The van der Waals surface area contributed by atoms with E-state index in [4.69, 9.17) is 10.9 Å². The van der Waals surface area contributed by atoms with E-state index in [9.17, 15) is 0 Å². The van der Waals surface area contributed by atoms with Gasteiger partial charge in [-0.15, -0.1) is 0 Å². The zero-order valence-corrected chi connectivity index (χ0v) is 10.6. The minimum absolute atomic E-state index is 0.261. The van der Waals surface area contributed by atoms with Crippen LogP contribution in [0, 0.1) is 6.92 Å². The molecule has 0 atom stereocenters. The zero-order valence-electron chi connectivity index (χ0n) is 10.6.